The molecule has 16 heavy (non-hydrogen) atoms. The van der Waals surface area contributed by atoms with Gasteiger partial charge in [0.2, 0.25) is 5.91 Å². The van der Waals surface area contributed by atoms with E-state index in [1.165, 1.54) is 0 Å². The van der Waals surface area contributed by atoms with Crippen LogP contribution in [-0.2, 0) is 4.79 Å². The summed E-state index contributed by atoms with van der Waals surface area (Å²) in [6, 6.07) is 0.535. The number of rotatable bonds is 6. The molecular weight excluding hydrogens is 204 g/mol. The van der Waals surface area contributed by atoms with E-state index in [0.29, 0.717) is 18.9 Å². The predicted octanol–water partition coefficient (Wildman–Crippen LogP) is 0.702. The molecule has 0 aromatic carbocycles. The first-order chi connectivity index (χ1) is 7.72. The van der Waals surface area contributed by atoms with Crippen molar-refractivity contribution in [2.45, 2.75) is 39.2 Å². The average molecular weight is 228 g/mol. The van der Waals surface area contributed by atoms with Crippen LogP contribution in [0, 0.1) is 0 Å². The van der Waals surface area contributed by atoms with E-state index in [1.807, 2.05) is 4.90 Å². The third-order valence-corrected chi connectivity index (χ3v) is 3.39. The summed E-state index contributed by atoms with van der Waals surface area (Å²) in [5, 5.41) is 8.70. The lowest BCUT2D eigenvalue weighted by atomic mass is 10.2. The van der Waals surface area contributed by atoms with Crippen LogP contribution in [0.25, 0.3) is 0 Å². The molecule has 1 aliphatic rings. The molecule has 0 saturated carbocycles. The molecule has 1 unspecified atom stereocenters. The molecule has 1 amide bonds. The summed E-state index contributed by atoms with van der Waals surface area (Å²) >= 11 is 0. The zero-order chi connectivity index (χ0) is 12.0. The number of nitrogens with zero attached hydrogens (tertiary/aromatic N) is 2. The summed E-state index contributed by atoms with van der Waals surface area (Å²) in [5.41, 5.74) is 0. The predicted molar refractivity (Wildman–Crippen MR) is 64.2 cm³/mol. The number of likely N-dealkylation sites (tertiary alicyclic amines) is 1. The van der Waals surface area contributed by atoms with Gasteiger partial charge in [-0.2, -0.15) is 0 Å². The number of aliphatic hydroxyl groups excluding tert-OH is 1. The van der Waals surface area contributed by atoms with Crippen molar-refractivity contribution in [2.75, 3.05) is 32.8 Å². The summed E-state index contributed by atoms with van der Waals surface area (Å²) in [5.74, 6) is 0.198. The normalized spacial score (nSPS) is 20.8. The second kappa shape index (κ2) is 6.86. The molecule has 0 spiro atoms. The fourth-order valence-corrected chi connectivity index (χ4v) is 2.39. The van der Waals surface area contributed by atoms with Crippen LogP contribution in [0.1, 0.15) is 33.1 Å². The van der Waals surface area contributed by atoms with E-state index in [2.05, 4.69) is 18.7 Å². The first-order valence-corrected chi connectivity index (χ1v) is 6.35. The van der Waals surface area contributed by atoms with Crippen LogP contribution < -0.4 is 0 Å². The molecular formula is C12H24N2O2. The van der Waals surface area contributed by atoms with Gasteiger partial charge in [0, 0.05) is 32.2 Å². The van der Waals surface area contributed by atoms with Gasteiger partial charge in [-0.05, 0) is 25.9 Å². The fraction of sp³-hybridized carbons (Fsp3) is 0.917. The minimum atomic E-state index is 0.110. The van der Waals surface area contributed by atoms with Gasteiger partial charge in [-0.1, -0.05) is 13.8 Å². The number of amides is 1. The Kier molecular flexibility index (Phi) is 5.77. The maximum absolute atomic E-state index is 11.7. The highest BCUT2D eigenvalue weighted by Crippen LogP contribution is 2.16. The van der Waals surface area contributed by atoms with Gasteiger partial charge in [0.1, 0.15) is 0 Å². The van der Waals surface area contributed by atoms with Gasteiger partial charge in [0.05, 0.1) is 0 Å². The largest absolute Gasteiger partial charge is 0.396 e. The first kappa shape index (κ1) is 13.5. The van der Waals surface area contributed by atoms with Gasteiger partial charge in [-0.25, -0.2) is 0 Å². The summed E-state index contributed by atoms with van der Waals surface area (Å²) in [7, 11) is 0. The second-order valence-corrected chi connectivity index (χ2v) is 4.33. The number of hydrogen-bond acceptors (Lipinski definition) is 3. The Bertz CT molecular complexity index is 217. The van der Waals surface area contributed by atoms with Crippen molar-refractivity contribution in [3.05, 3.63) is 0 Å². The number of aliphatic hydroxyl groups is 1. The Morgan fingerprint density at radius 3 is 2.69 bits per heavy atom. The van der Waals surface area contributed by atoms with Gasteiger partial charge in [-0.3, -0.25) is 9.69 Å². The standard InChI is InChI=1S/C12H24N2O2/c1-3-13(4-2)11-7-8-14(10-11)12(16)6-5-9-15/h11,15H,3-10H2,1-2H3. The molecule has 0 aliphatic carbocycles. The Hall–Kier alpha value is -0.610. The highest BCUT2D eigenvalue weighted by Gasteiger charge is 2.28. The molecule has 0 aromatic rings. The molecule has 1 N–H and O–H groups in total. The highest BCUT2D eigenvalue weighted by atomic mass is 16.3. The van der Waals surface area contributed by atoms with Crippen LogP contribution in [0.2, 0.25) is 0 Å². The lowest BCUT2D eigenvalue weighted by Crippen LogP contribution is -2.38. The minimum Gasteiger partial charge on any atom is -0.396 e. The van der Waals surface area contributed by atoms with Crippen LogP contribution in [0.5, 0.6) is 0 Å². The average Bonchev–Trinajstić information content (AvgIpc) is 2.77. The third kappa shape index (κ3) is 3.46. The molecule has 4 nitrogen and oxygen atoms in total. The minimum absolute atomic E-state index is 0.110. The maximum Gasteiger partial charge on any atom is 0.222 e. The first-order valence-electron chi connectivity index (χ1n) is 6.35. The van der Waals surface area contributed by atoms with Gasteiger partial charge in [0.25, 0.3) is 0 Å². The van der Waals surface area contributed by atoms with Gasteiger partial charge in [0.15, 0.2) is 0 Å². The van der Waals surface area contributed by atoms with Crippen molar-refractivity contribution in [1.29, 1.82) is 0 Å². The molecule has 1 fully saturated rings. The Balaban J connectivity index is 2.36. The molecule has 1 heterocycles. The van der Waals surface area contributed by atoms with Gasteiger partial charge in [-0.15, -0.1) is 0 Å². The molecule has 4 heteroatoms. The smallest absolute Gasteiger partial charge is 0.222 e. The van der Waals surface area contributed by atoms with Gasteiger partial charge >= 0.3 is 0 Å². The van der Waals surface area contributed by atoms with E-state index in [4.69, 9.17) is 5.11 Å². The SMILES string of the molecule is CCN(CC)C1CCN(C(=O)CCCO)C1. The molecule has 94 valence electrons. The zero-order valence-electron chi connectivity index (χ0n) is 10.5. The second-order valence-electron chi connectivity index (χ2n) is 4.33. The van der Waals surface area contributed by atoms with Crippen LogP contribution in [0.3, 0.4) is 0 Å². The Morgan fingerprint density at radius 2 is 2.12 bits per heavy atom. The van der Waals surface area contributed by atoms with E-state index in [-0.39, 0.29) is 12.5 Å². The lowest BCUT2D eigenvalue weighted by Gasteiger charge is -2.26. The Labute approximate surface area is 98.2 Å². The number of hydrogen-bond donors (Lipinski definition) is 1. The van der Waals surface area contributed by atoms with E-state index in [0.717, 1.165) is 32.6 Å². The molecule has 1 aliphatic heterocycles. The van der Waals surface area contributed by atoms with Crippen molar-refractivity contribution in [3.8, 4) is 0 Å². The van der Waals surface area contributed by atoms with Crippen molar-refractivity contribution in [1.82, 2.24) is 9.80 Å². The highest BCUT2D eigenvalue weighted by molar-refractivity contribution is 5.76. The van der Waals surface area contributed by atoms with Crippen LogP contribution in [0.15, 0.2) is 0 Å². The molecule has 0 radical (unpaired) electrons. The Morgan fingerprint density at radius 1 is 1.44 bits per heavy atom. The summed E-state index contributed by atoms with van der Waals surface area (Å²) in [4.78, 5) is 16.1. The van der Waals surface area contributed by atoms with Crippen molar-refractivity contribution in [2.24, 2.45) is 0 Å². The van der Waals surface area contributed by atoms with E-state index >= 15 is 0 Å². The van der Waals surface area contributed by atoms with E-state index < -0.39 is 0 Å². The van der Waals surface area contributed by atoms with E-state index in [1.54, 1.807) is 0 Å². The van der Waals surface area contributed by atoms with E-state index in [9.17, 15) is 4.79 Å². The topological polar surface area (TPSA) is 43.8 Å². The molecule has 1 saturated heterocycles. The monoisotopic (exact) mass is 228 g/mol. The van der Waals surface area contributed by atoms with Crippen molar-refractivity contribution < 1.29 is 9.90 Å². The zero-order valence-corrected chi connectivity index (χ0v) is 10.5. The summed E-state index contributed by atoms with van der Waals surface area (Å²) in [6.45, 7) is 8.30. The molecule has 1 atom stereocenters. The molecule has 0 aromatic heterocycles. The summed E-state index contributed by atoms with van der Waals surface area (Å²) < 4.78 is 0. The fourth-order valence-electron chi connectivity index (χ4n) is 2.39. The van der Waals surface area contributed by atoms with Crippen LogP contribution >= 0.6 is 0 Å². The van der Waals surface area contributed by atoms with Crippen LogP contribution in [-0.4, -0.2) is 59.6 Å². The summed E-state index contributed by atoms with van der Waals surface area (Å²) in [6.07, 6.45) is 2.17. The molecule has 1 rings (SSSR count). The molecule has 0 bridgehead atoms. The number of carbonyl (C=O) groups excluding carboxylic acids is 1. The number of likely N-dealkylation sites (N-methyl/N-ethyl adjacent to an activating group) is 1. The maximum atomic E-state index is 11.7. The van der Waals surface area contributed by atoms with Crippen molar-refractivity contribution in [3.63, 3.8) is 0 Å². The van der Waals surface area contributed by atoms with Crippen molar-refractivity contribution >= 4 is 5.91 Å². The quantitative estimate of drug-likeness (QED) is 0.728. The lowest BCUT2D eigenvalue weighted by molar-refractivity contribution is -0.130. The van der Waals surface area contributed by atoms with Crippen LogP contribution in [0.4, 0.5) is 0 Å². The third-order valence-electron chi connectivity index (χ3n) is 3.39. The van der Waals surface area contributed by atoms with Gasteiger partial charge < -0.3 is 10.0 Å². The number of carbonyl (C=O) groups is 1.